The number of nitrogens with one attached hydrogen (secondary N) is 2. The van der Waals surface area contributed by atoms with Crippen molar-refractivity contribution in [2.45, 2.75) is 37.3 Å². The van der Waals surface area contributed by atoms with Gasteiger partial charge in [-0.1, -0.05) is 42.6 Å². The van der Waals surface area contributed by atoms with Crippen molar-refractivity contribution in [2.75, 3.05) is 19.4 Å². The molecule has 0 saturated heterocycles. The molecular weight excluding hydrogens is 372 g/mol. The van der Waals surface area contributed by atoms with Gasteiger partial charge < -0.3 is 10.1 Å². The van der Waals surface area contributed by atoms with Crippen LogP contribution in [-0.4, -0.2) is 40.5 Å². The summed E-state index contributed by atoms with van der Waals surface area (Å²) in [6.07, 6.45) is 6.33. The van der Waals surface area contributed by atoms with E-state index in [9.17, 15) is 4.79 Å². The number of nitrogens with zero attached hydrogens (tertiary/aromatic N) is 2. The molecular formula is C18H23ClN4O2S. The first-order valence-electron chi connectivity index (χ1n) is 8.81. The zero-order valence-corrected chi connectivity index (χ0v) is 16.3. The number of amides is 1. The lowest BCUT2D eigenvalue weighted by Gasteiger charge is -2.21. The molecule has 0 bridgehead atoms. The van der Waals surface area contributed by atoms with Gasteiger partial charge in [-0.15, -0.1) is 5.10 Å². The Balaban J connectivity index is 1.52. The molecule has 1 aliphatic rings. The molecule has 6 nitrogen and oxygen atoms in total. The minimum Gasteiger partial charge on any atom is -0.496 e. The summed E-state index contributed by atoms with van der Waals surface area (Å²) < 4.78 is 5.33. The van der Waals surface area contributed by atoms with Crippen molar-refractivity contribution in [3.8, 4) is 17.1 Å². The van der Waals surface area contributed by atoms with Crippen molar-refractivity contribution in [3.05, 3.63) is 23.2 Å². The Morgan fingerprint density at radius 3 is 2.96 bits per heavy atom. The summed E-state index contributed by atoms with van der Waals surface area (Å²) in [5, 5.41) is 11.2. The maximum absolute atomic E-state index is 12.0. The van der Waals surface area contributed by atoms with Crippen LogP contribution in [0.3, 0.4) is 0 Å². The van der Waals surface area contributed by atoms with Crippen molar-refractivity contribution in [2.24, 2.45) is 5.92 Å². The molecule has 0 atom stereocenters. The quantitative estimate of drug-likeness (QED) is 0.695. The number of halogens is 1. The van der Waals surface area contributed by atoms with Crippen molar-refractivity contribution >= 4 is 29.3 Å². The number of methoxy groups -OCH3 is 1. The van der Waals surface area contributed by atoms with Crippen LogP contribution in [0.25, 0.3) is 11.4 Å². The molecule has 1 heterocycles. The second-order valence-electron chi connectivity index (χ2n) is 6.41. The van der Waals surface area contributed by atoms with Crippen LogP contribution in [-0.2, 0) is 4.79 Å². The fourth-order valence-electron chi connectivity index (χ4n) is 3.13. The van der Waals surface area contributed by atoms with Gasteiger partial charge in [0.15, 0.2) is 5.82 Å². The number of ether oxygens (including phenoxy) is 1. The van der Waals surface area contributed by atoms with Gasteiger partial charge in [0.25, 0.3) is 0 Å². The Labute approximate surface area is 162 Å². The summed E-state index contributed by atoms with van der Waals surface area (Å²) in [5.74, 6) is 2.17. The fourth-order valence-corrected chi connectivity index (χ4v) is 3.93. The maximum Gasteiger partial charge on any atom is 0.230 e. The second-order valence-corrected chi connectivity index (χ2v) is 7.79. The van der Waals surface area contributed by atoms with Crippen LogP contribution in [0.4, 0.5) is 0 Å². The lowest BCUT2D eigenvalue weighted by Crippen LogP contribution is -2.31. The Morgan fingerprint density at radius 2 is 2.19 bits per heavy atom. The summed E-state index contributed by atoms with van der Waals surface area (Å²) in [5.41, 5.74) is 0.737. The smallest absolute Gasteiger partial charge is 0.230 e. The SMILES string of the molecule is COc1ccc(Cl)cc1-c1nc(SCC(=O)NCC2CCCCC2)n[nH]1. The molecule has 26 heavy (non-hydrogen) atoms. The van der Waals surface area contributed by atoms with E-state index in [-0.39, 0.29) is 5.91 Å². The van der Waals surface area contributed by atoms with Crippen molar-refractivity contribution in [1.29, 1.82) is 0 Å². The topological polar surface area (TPSA) is 79.9 Å². The number of H-pyrrole nitrogens is 1. The first-order valence-corrected chi connectivity index (χ1v) is 10.2. The largest absolute Gasteiger partial charge is 0.496 e. The number of thioether (sulfide) groups is 1. The van der Waals surface area contributed by atoms with Crippen LogP contribution in [0.15, 0.2) is 23.4 Å². The Kier molecular flexibility index (Phi) is 6.80. The molecule has 3 rings (SSSR count). The highest BCUT2D eigenvalue weighted by Gasteiger charge is 2.16. The zero-order valence-electron chi connectivity index (χ0n) is 14.8. The molecule has 1 fully saturated rings. The van der Waals surface area contributed by atoms with Crippen molar-refractivity contribution in [1.82, 2.24) is 20.5 Å². The first kappa shape index (κ1) is 19.0. The predicted molar refractivity (Wildman–Crippen MR) is 104 cm³/mol. The van der Waals surface area contributed by atoms with Crippen LogP contribution in [0.1, 0.15) is 32.1 Å². The van der Waals surface area contributed by atoms with Gasteiger partial charge in [0.05, 0.1) is 18.4 Å². The molecule has 0 spiro atoms. The number of aromatic nitrogens is 3. The lowest BCUT2D eigenvalue weighted by molar-refractivity contribution is -0.118. The molecule has 1 aromatic heterocycles. The maximum atomic E-state index is 12.0. The van der Waals surface area contributed by atoms with Gasteiger partial charge in [-0.3, -0.25) is 9.89 Å². The molecule has 1 aliphatic carbocycles. The number of benzene rings is 1. The number of aromatic amines is 1. The minimum atomic E-state index is 0.0206. The Bertz CT molecular complexity index is 747. The highest BCUT2D eigenvalue weighted by atomic mass is 35.5. The first-order chi connectivity index (χ1) is 12.7. The van der Waals surface area contributed by atoms with Gasteiger partial charge in [0.1, 0.15) is 5.75 Å². The van der Waals surface area contributed by atoms with Gasteiger partial charge in [-0.2, -0.15) is 0 Å². The van der Waals surface area contributed by atoms with Gasteiger partial charge >= 0.3 is 0 Å². The normalized spacial score (nSPS) is 15.0. The highest BCUT2D eigenvalue weighted by molar-refractivity contribution is 7.99. The molecule has 1 amide bonds. The Morgan fingerprint density at radius 1 is 1.38 bits per heavy atom. The van der Waals surface area contributed by atoms with Crippen LogP contribution >= 0.6 is 23.4 Å². The van der Waals surface area contributed by atoms with E-state index in [1.807, 2.05) is 0 Å². The number of carbonyl (C=O) groups excluding carboxylic acids is 1. The summed E-state index contributed by atoms with van der Waals surface area (Å²) in [7, 11) is 1.59. The van der Waals surface area contributed by atoms with E-state index in [4.69, 9.17) is 16.3 Å². The van der Waals surface area contributed by atoms with Gasteiger partial charge in [0.2, 0.25) is 11.1 Å². The summed E-state index contributed by atoms with van der Waals surface area (Å²) in [4.78, 5) is 16.5. The van der Waals surface area contributed by atoms with E-state index in [1.54, 1.807) is 25.3 Å². The summed E-state index contributed by atoms with van der Waals surface area (Å²) in [6, 6.07) is 5.31. The molecule has 1 aromatic carbocycles. The second kappa shape index (κ2) is 9.28. The number of carbonyl (C=O) groups is 1. The van der Waals surface area contributed by atoms with Crippen LogP contribution in [0.2, 0.25) is 5.02 Å². The van der Waals surface area contributed by atoms with E-state index in [1.165, 1.54) is 43.9 Å². The van der Waals surface area contributed by atoms with Gasteiger partial charge in [-0.25, -0.2) is 4.98 Å². The van der Waals surface area contributed by atoms with E-state index >= 15 is 0 Å². The standard InChI is InChI=1S/C18H23ClN4O2S/c1-25-15-8-7-13(19)9-14(15)17-21-18(23-22-17)26-11-16(24)20-10-12-5-3-2-4-6-12/h7-9,12H,2-6,10-11H2,1H3,(H,20,24)(H,21,22,23). The fraction of sp³-hybridized carbons (Fsp3) is 0.500. The van der Waals surface area contributed by atoms with E-state index in [0.29, 0.717) is 33.4 Å². The van der Waals surface area contributed by atoms with Crippen LogP contribution in [0.5, 0.6) is 5.75 Å². The molecule has 8 heteroatoms. The summed E-state index contributed by atoms with van der Waals surface area (Å²) in [6.45, 7) is 0.776. The monoisotopic (exact) mass is 394 g/mol. The number of rotatable bonds is 7. The molecule has 2 N–H and O–H groups in total. The minimum absolute atomic E-state index is 0.0206. The molecule has 140 valence electrons. The van der Waals surface area contributed by atoms with Crippen molar-refractivity contribution < 1.29 is 9.53 Å². The van der Waals surface area contributed by atoms with Crippen LogP contribution < -0.4 is 10.1 Å². The van der Waals surface area contributed by atoms with Gasteiger partial charge in [0, 0.05) is 11.6 Å². The predicted octanol–water partition coefficient (Wildman–Crippen LogP) is 3.92. The molecule has 2 aromatic rings. The molecule has 0 radical (unpaired) electrons. The molecule has 0 aliphatic heterocycles. The van der Waals surface area contributed by atoms with Crippen molar-refractivity contribution in [3.63, 3.8) is 0 Å². The summed E-state index contributed by atoms with van der Waals surface area (Å²) >= 11 is 7.37. The van der Waals surface area contributed by atoms with E-state index in [0.717, 1.165) is 12.1 Å². The third-order valence-electron chi connectivity index (χ3n) is 4.53. The van der Waals surface area contributed by atoms with Gasteiger partial charge in [-0.05, 0) is 37.0 Å². The average molecular weight is 395 g/mol. The van der Waals surface area contributed by atoms with E-state index in [2.05, 4.69) is 20.5 Å². The third-order valence-corrected chi connectivity index (χ3v) is 5.61. The highest BCUT2D eigenvalue weighted by Crippen LogP contribution is 2.31. The third kappa shape index (κ3) is 5.14. The zero-order chi connectivity index (χ0) is 18.4. The molecule has 1 saturated carbocycles. The Hall–Kier alpha value is -1.73. The van der Waals surface area contributed by atoms with E-state index < -0.39 is 0 Å². The number of hydrogen-bond donors (Lipinski definition) is 2. The lowest BCUT2D eigenvalue weighted by atomic mass is 9.89. The average Bonchev–Trinajstić information content (AvgIpc) is 3.14. The van der Waals surface area contributed by atoms with Crippen LogP contribution in [0, 0.1) is 5.92 Å². The molecule has 0 unspecified atom stereocenters. The number of hydrogen-bond acceptors (Lipinski definition) is 5.